The molecular formula is C9H9NO2. The lowest BCUT2D eigenvalue weighted by Crippen LogP contribution is -1.85. The number of aromatic hydroxyl groups is 1. The first-order valence-electron chi connectivity index (χ1n) is 3.69. The van der Waals surface area contributed by atoms with E-state index in [0.29, 0.717) is 5.58 Å². The Morgan fingerprint density at radius 1 is 1.42 bits per heavy atom. The second kappa shape index (κ2) is 2.44. The highest BCUT2D eigenvalue weighted by Gasteiger charge is 2.03. The fourth-order valence-corrected chi connectivity index (χ4v) is 1.17. The Morgan fingerprint density at radius 2 is 2.25 bits per heavy atom. The minimum Gasteiger partial charge on any atom is -0.504 e. The van der Waals surface area contributed by atoms with Crippen LogP contribution in [0.4, 0.5) is 5.69 Å². The van der Waals surface area contributed by atoms with E-state index in [4.69, 9.17) is 4.42 Å². The van der Waals surface area contributed by atoms with Gasteiger partial charge in [0.2, 0.25) is 0 Å². The van der Waals surface area contributed by atoms with Gasteiger partial charge in [-0.05, 0) is 18.2 Å². The molecule has 0 radical (unpaired) electrons. The summed E-state index contributed by atoms with van der Waals surface area (Å²) in [6.45, 7) is 0. The Bertz CT molecular complexity index is 406. The molecule has 0 bridgehead atoms. The average Bonchev–Trinajstić information content (AvgIpc) is 2.47. The molecule has 0 atom stereocenters. The van der Waals surface area contributed by atoms with Crippen LogP contribution in [0.1, 0.15) is 0 Å². The average molecular weight is 163 g/mol. The first-order chi connectivity index (χ1) is 5.81. The zero-order valence-electron chi connectivity index (χ0n) is 6.66. The third-order valence-electron chi connectivity index (χ3n) is 1.84. The molecule has 0 aliphatic heterocycles. The predicted octanol–water partition coefficient (Wildman–Crippen LogP) is 2.18. The molecule has 3 nitrogen and oxygen atoms in total. The highest BCUT2D eigenvalue weighted by atomic mass is 16.4. The number of furan rings is 1. The molecule has 0 amide bonds. The molecule has 3 heteroatoms. The Labute approximate surface area is 69.6 Å². The van der Waals surface area contributed by atoms with E-state index in [1.807, 2.05) is 25.2 Å². The first-order valence-corrected chi connectivity index (χ1v) is 3.69. The van der Waals surface area contributed by atoms with E-state index in [1.165, 1.54) is 6.26 Å². The van der Waals surface area contributed by atoms with Gasteiger partial charge >= 0.3 is 0 Å². The Morgan fingerprint density at radius 3 is 3.00 bits per heavy atom. The van der Waals surface area contributed by atoms with Gasteiger partial charge in [0, 0.05) is 12.7 Å². The maximum Gasteiger partial charge on any atom is 0.161 e. The van der Waals surface area contributed by atoms with Crippen molar-refractivity contribution in [1.82, 2.24) is 0 Å². The molecule has 62 valence electrons. The molecule has 0 saturated heterocycles. The van der Waals surface area contributed by atoms with Gasteiger partial charge in [-0.1, -0.05) is 0 Å². The second-order valence-corrected chi connectivity index (χ2v) is 2.58. The topological polar surface area (TPSA) is 45.4 Å². The fourth-order valence-electron chi connectivity index (χ4n) is 1.17. The van der Waals surface area contributed by atoms with Gasteiger partial charge in [-0.3, -0.25) is 0 Å². The van der Waals surface area contributed by atoms with E-state index < -0.39 is 0 Å². The minimum atomic E-state index is 0.183. The highest BCUT2D eigenvalue weighted by molar-refractivity contribution is 5.86. The fraction of sp³-hybridized carbons (Fsp3) is 0.111. The molecule has 2 rings (SSSR count). The van der Waals surface area contributed by atoms with E-state index in [1.54, 1.807) is 0 Å². The zero-order valence-corrected chi connectivity index (χ0v) is 6.66. The molecule has 1 aromatic carbocycles. The van der Waals surface area contributed by atoms with Crippen LogP contribution in [0.5, 0.6) is 5.75 Å². The van der Waals surface area contributed by atoms with Crippen LogP contribution in [-0.4, -0.2) is 12.2 Å². The van der Waals surface area contributed by atoms with Crippen LogP contribution in [0, 0.1) is 0 Å². The van der Waals surface area contributed by atoms with Crippen LogP contribution >= 0.6 is 0 Å². The molecule has 2 aromatic rings. The normalized spacial score (nSPS) is 10.4. The molecule has 12 heavy (non-hydrogen) atoms. The highest BCUT2D eigenvalue weighted by Crippen LogP contribution is 2.28. The number of anilines is 1. The maximum absolute atomic E-state index is 9.31. The summed E-state index contributed by atoms with van der Waals surface area (Å²) < 4.78 is 5.07. The molecule has 0 fully saturated rings. The van der Waals surface area contributed by atoms with Gasteiger partial charge in [-0.2, -0.15) is 0 Å². The standard InChI is InChI=1S/C9H9NO2/c1-10-6-2-3-9-7(4-6)8(11)5-12-9/h2-5,10-11H,1H3. The van der Waals surface area contributed by atoms with Gasteiger partial charge in [0.05, 0.1) is 5.39 Å². The lowest BCUT2D eigenvalue weighted by atomic mass is 10.2. The summed E-state index contributed by atoms with van der Waals surface area (Å²) in [4.78, 5) is 0. The number of nitrogens with one attached hydrogen (secondary N) is 1. The molecule has 1 aromatic heterocycles. The molecule has 0 unspecified atom stereocenters. The van der Waals surface area contributed by atoms with Crippen LogP contribution in [0.2, 0.25) is 0 Å². The molecule has 1 heterocycles. The van der Waals surface area contributed by atoms with Gasteiger partial charge < -0.3 is 14.8 Å². The van der Waals surface area contributed by atoms with Gasteiger partial charge in [-0.25, -0.2) is 0 Å². The lowest BCUT2D eigenvalue weighted by Gasteiger charge is -1.97. The van der Waals surface area contributed by atoms with Crippen molar-refractivity contribution in [3.63, 3.8) is 0 Å². The number of fused-ring (bicyclic) bond motifs is 1. The Balaban J connectivity index is 2.71. The van der Waals surface area contributed by atoms with Gasteiger partial charge in [0.25, 0.3) is 0 Å². The summed E-state index contributed by atoms with van der Waals surface area (Å²) in [5, 5.41) is 13.0. The Hall–Kier alpha value is -1.64. The number of hydrogen-bond acceptors (Lipinski definition) is 3. The van der Waals surface area contributed by atoms with Crippen molar-refractivity contribution in [3.8, 4) is 5.75 Å². The van der Waals surface area contributed by atoms with Crippen LogP contribution in [0.3, 0.4) is 0 Å². The molecule has 0 aliphatic rings. The van der Waals surface area contributed by atoms with Crippen molar-refractivity contribution in [2.45, 2.75) is 0 Å². The third kappa shape index (κ3) is 0.906. The van der Waals surface area contributed by atoms with E-state index >= 15 is 0 Å². The summed E-state index contributed by atoms with van der Waals surface area (Å²) in [7, 11) is 1.83. The number of hydrogen-bond donors (Lipinski definition) is 2. The van der Waals surface area contributed by atoms with Crippen molar-refractivity contribution >= 4 is 16.7 Å². The SMILES string of the molecule is CNc1ccc2occ(O)c2c1. The predicted molar refractivity (Wildman–Crippen MR) is 47.4 cm³/mol. The van der Waals surface area contributed by atoms with Gasteiger partial charge in [0.1, 0.15) is 11.8 Å². The monoisotopic (exact) mass is 163 g/mol. The zero-order chi connectivity index (χ0) is 8.55. The number of benzene rings is 1. The van der Waals surface area contributed by atoms with Gasteiger partial charge in [0.15, 0.2) is 5.75 Å². The Kier molecular flexibility index (Phi) is 1.43. The second-order valence-electron chi connectivity index (χ2n) is 2.58. The summed E-state index contributed by atoms with van der Waals surface area (Å²) in [6.07, 6.45) is 1.34. The van der Waals surface area contributed by atoms with Crippen molar-refractivity contribution in [1.29, 1.82) is 0 Å². The van der Waals surface area contributed by atoms with Crippen LogP contribution < -0.4 is 5.32 Å². The number of rotatable bonds is 1. The van der Waals surface area contributed by atoms with E-state index in [0.717, 1.165) is 11.1 Å². The van der Waals surface area contributed by atoms with Crippen molar-refractivity contribution in [3.05, 3.63) is 24.5 Å². The lowest BCUT2D eigenvalue weighted by molar-refractivity contribution is 0.464. The minimum absolute atomic E-state index is 0.183. The molecule has 0 spiro atoms. The van der Waals surface area contributed by atoms with Crippen molar-refractivity contribution in [2.75, 3.05) is 12.4 Å². The molecule has 2 N–H and O–H groups in total. The largest absolute Gasteiger partial charge is 0.504 e. The van der Waals surface area contributed by atoms with E-state index in [-0.39, 0.29) is 5.75 Å². The van der Waals surface area contributed by atoms with Crippen molar-refractivity contribution in [2.24, 2.45) is 0 Å². The molecular weight excluding hydrogens is 154 g/mol. The van der Waals surface area contributed by atoms with Crippen LogP contribution in [-0.2, 0) is 0 Å². The quantitative estimate of drug-likeness (QED) is 0.677. The van der Waals surface area contributed by atoms with E-state index in [2.05, 4.69) is 5.32 Å². The summed E-state index contributed by atoms with van der Waals surface area (Å²) in [5.41, 5.74) is 1.66. The first kappa shape index (κ1) is 7.03. The van der Waals surface area contributed by atoms with Crippen molar-refractivity contribution < 1.29 is 9.52 Å². The smallest absolute Gasteiger partial charge is 0.161 e. The molecule has 0 saturated carbocycles. The maximum atomic E-state index is 9.31. The summed E-state index contributed by atoms with van der Waals surface area (Å²) in [6, 6.07) is 5.56. The molecule has 0 aliphatic carbocycles. The van der Waals surface area contributed by atoms with Crippen LogP contribution in [0.25, 0.3) is 11.0 Å². The van der Waals surface area contributed by atoms with E-state index in [9.17, 15) is 5.11 Å². The van der Waals surface area contributed by atoms with Crippen LogP contribution in [0.15, 0.2) is 28.9 Å². The van der Waals surface area contributed by atoms with Gasteiger partial charge in [-0.15, -0.1) is 0 Å². The third-order valence-corrected chi connectivity index (χ3v) is 1.84. The summed E-state index contributed by atoms with van der Waals surface area (Å²) >= 11 is 0. The summed E-state index contributed by atoms with van der Waals surface area (Å²) in [5.74, 6) is 0.183.